The van der Waals surface area contributed by atoms with Crippen molar-refractivity contribution in [3.8, 4) is 17.1 Å². The van der Waals surface area contributed by atoms with E-state index < -0.39 is 0 Å². The molecule has 1 amide bonds. The minimum atomic E-state index is -0.193. The molecule has 0 aliphatic heterocycles. The number of nitrogens with zero attached hydrogens (tertiary/aromatic N) is 4. The number of hydrogen-bond donors (Lipinski definition) is 1. The largest absolute Gasteiger partial charge is 0.469 e. The Bertz CT molecular complexity index is 1100. The van der Waals surface area contributed by atoms with Crippen molar-refractivity contribution < 1.29 is 13.6 Å². The fourth-order valence-electron chi connectivity index (χ4n) is 2.64. The van der Waals surface area contributed by atoms with E-state index in [9.17, 15) is 4.79 Å². The third-order valence-electron chi connectivity index (χ3n) is 3.92. The van der Waals surface area contributed by atoms with Crippen molar-refractivity contribution in [1.82, 2.24) is 20.0 Å². The van der Waals surface area contributed by atoms with E-state index in [0.29, 0.717) is 22.7 Å². The number of aryl methyl sites for hydroxylation is 2. The zero-order valence-electron chi connectivity index (χ0n) is 15.2. The molecule has 0 fully saturated rings. The average Bonchev–Trinajstić information content (AvgIpc) is 3.41. The second-order valence-electron chi connectivity index (χ2n) is 6.02. The molecule has 0 unspecified atom stereocenters. The number of furan rings is 1. The van der Waals surface area contributed by atoms with Gasteiger partial charge in [0.15, 0.2) is 0 Å². The van der Waals surface area contributed by atoms with Crippen molar-refractivity contribution in [3.05, 3.63) is 60.2 Å². The van der Waals surface area contributed by atoms with Gasteiger partial charge in [0.25, 0.3) is 11.1 Å². The predicted molar refractivity (Wildman–Crippen MR) is 104 cm³/mol. The fraction of sp³-hybridized carbons (Fsp3) is 0.158. The Balaban J connectivity index is 1.41. The fourth-order valence-corrected chi connectivity index (χ4v) is 3.21. The first-order valence-corrected chi connectivity index (χ1v) is 9.51. The molecule has 0 saturated carbocycles. The van der Waals surface area contributed by atoms with Crippen molar-refractivity contribution in [2.45, 2.75) is 19.1 Å². The molecule has 0 spiro atoms. The van der Waals surface area contributed by atoms with Gasteiger partial charge in [0.1, 0.15) is 11.6 Å². The zero-order chi connectivity index (χ0) is 19.5. The molecule has 8 nitrogen and oxygen atoms in total. The number of rotatable bonds is 6. The highest BCUT2D eigenvalue weighted by atomic mass is 32.2. The molecular formula is C19H17N5O3S. The van der Waals surface area contributed by atoms with Gasteiger partial charge in [-0.25, -0.2) is 4.68 Å². The van der Waals surface area contributed by atoms with Gasteiger partial charge in [-0.15, -0.1) is 10.2 Å². The van der Waals surface area contributed by atoms with Crippen LogP contribution in [0.4, 0.5) is 5.82 Å². The van der Waals surface area contributed by atoms with E-state index in [0.717, 1.165) is 16.9 Å². The highest BCUT2D eigenvalue weighted by Crippen LogP contribution is 2.26. The minimum absolute atomic E-state index is 0.130. The summed E-state index contributed by atoms with van der Waals surface area (Å²) in [5, 5.41) is 15.6. The number of hydrogen-bond acceptors (Lipinski definition) is 7. The maximum Gasteiger partial charge on any atom is 0.277 e. The summed E-state index contributed by atoms with van der Waals surface area (Å²) in [5.41, 5.74) is 2.42. The summed E-state index contributed by atoms with van der Waals surface area (Å²) in [4.78, 5) is 12.4. The molecule has 0 saturated heterocycles. The third kappa shape index (κ3) is 3.84. The quantitative estimate of drug-likeness (QED) is 0.495. The van der Waals surface area contributed by atoms with Crippen LogP contribution in [0, 0.1) is 13.8 Å². The van der Waals surface area contributed by atoms with Crippen LogP contribution in [0.15, 0.2) is 62.8 Å². The lowest BCUT2D eigenvalue weighted by molar-refractivity contribution is -0.113. The van der Waals surface area contributed by atoms with E-state index in [1.807, 2.05) is 50.2 Å². The molecular weight excluding hydrogens is 378 g/mol. The maximum absolute atomic E-state index is 12.4. The van der Waals surface area contributed by atoms with Crippen molar-refractivity contribution in [3.63, 3.8) is 0 Å². The van der Waals surface area contributed by atoms with Crippen LogP contribution in [0.1, 0.15) is 11.5 Å². The summed E-state index contributed by atoms with van der Waals surface area (Å²) >= 11 is 1.17. The number of nitrogens with one attached hydrogen (secondary N) is 1. The van der Waals surface area contributed by atoms with Crippen LogP contribution in [0.25, 0.3) is 17.1 Å². The van der Waals surface area contributed by atoms with Crippen LogP contribution < -0.4 is 5.32 Å². The summed E-state index contributed by atoms with van der Waals surface area (Å²) in [7, 11) is 0. The van der Waals surface area contributed by atoms with Crippen LogP contribution in [0.2, 0.25) is 0 Å². The molecule has 1 aromatic carbocycles. The van der Waals surface area contributed by atoms with Crippen LogP contribution in [-0.4, -0.2) is 31.6 Å². The summed E-state index contributed by atoms with van der Waals surface area (Å²) in [6.45, 7) is 3.69. The molecule has 0 aliphatic carbocycles. The number of anilines is 1. The number of carbonyl (C=O) groups is 1. The first-order valence-electron chi connectivity index (χ1n) is 8.53. The number of carbonyl (C=O) groups excluding carboxylic acids is 1. The summed E-state index contributed by atoms with van der Waals surface area (Å²) in [6.07, 6.45) is 1.56. The number of amides is 1. The molecule has 0 atom stereocenters. The molecule has 0 bridgehead atoms. The lowest BCUT2D eigenvalue weighted by Crippen LogP contribution is -2.16. The average molecular weight is 395 g/mol. The van der Waals surface area contributed by atoms with Gasteiger partial charge in [-0.05, 0) is 32.0 Å². The monoisotopic (exact) mass is 395 g/mol. The molecule has 142 valence electrons. The van der Waals surface area contributed by atoms with Crippen molar-refractivity contribution >= 4 is 23.5 Å². The number of benzene rings is 1. The highest BCUT2D eigenvalue weighted by Gasteiger charge is 2.15. The molecule has 9 heteroatoms. The van der Waals surface area contributed by atoms with Gasteiger partial charge in [0.2, 0.25) is 5.91 Å². The van der Waals surface area contributed by atoms with Gasteiger partial charge < -0.3 is 14.2 Å². The van der Waals surface area contributed by atoms with Gasteiger partial charge >= 0.3 is 0 Å². The Labute approximate surface area is 165 Å². The molecule has 1 N–H and O–H groups in total. The molecule has 4 rings (SSSR count). The van der Waals surface area contributed by atoms with Crippen molar-refractivity contribution in [2.24, 2.45) is 0 Å². The van der Waals surface area contributed by atoms with Gasteiger partial charge in [-0.2, -0.15) is 5.10 Å². The van der Waals surface area contributed by atoms with E-state index in [1.165, 1.54) is 11.8 Å². The predicted octanol–water partition coefficient (Wildman–Crippen LogP) is 3.86. The SMILES string of the molecule is Cc1cc(NC(=O)CSc2nnc(-c3ccoc3C)o2)n(-c2ccccc2)n1. The van der Waals surface area contributed by atoms with Gasteiger partial charge in [-0.3, -0.25) is 4.79 Å². The van der Waals surface area contributed by atoms with E-state index >= 15 is 0 Å². The van der Waals surface area contributed by atoms with Crippen LogP contribution >= 0.6 is 11.8 Å². The summed E-state index contributed by atoms with van der Waals surface area (Å²) < 4.78 is 12.5. The zero-order valence-corrected chi connectivity index (χ0v) is 16.1. The normalized spacial score (nSPS) is 10.9. The number of thioether (sulfide) groups is 1. The minimum Gasteiger partial charge on any atom is -0.469 e. The molecule has 3 aromatic heterocycles. The Morgan fingerprint density at radius 2 is 2.00 bits per heavy atom. The maximum atomic E-state index is 12.4. The molecule has 28 heavy (non-hydrogen) atoms. The molecule has 3 heterocycles. The van der Waals surface area contributed by atoms with Gasteiger partial charge in [-0.1, -0.05) is 30.0 Å². The first-order chi connectivity index (χ1) is 13.6. The second kappa shape index (κ2) is 7.73. The Morgan fingerprint density at radius 1 is 1.18 bits per heavy atom. The van der Waals surface area contributed by atoms with Crippen molar-refractivity contribution in [1.29, 1.82) is 0 Å². The van der Waals surface area contributed by atoms with Crippen molar-refractivity contribution in [2.75, 3.05) is 11.1 Å². The third-order valence-corrected chi connectivity index (χ3v) is 4.74. The van der Waals surface area contributed by atoms with E-state index in [1.54, 1.807) is 17.0 Å². The Kier molecular flexibility index (Phi) is 4.98. The standard InChI is InChI=1S/C19H17N5O3S/c1-12-10-16(24(23-12)14-6-4-3-5-7-14)20-17(25)11-28-19-22-21-18(27-19)15-8-9-26-13(15)2/h3-10H,11H2,1-2H3,(H,20,25). The number of para-hydroxylation sites is 1. The van der Waals surface area contributed by atoms with Crippen LogP contribution in [0.5, 0.6) is 0 Å². The first kappa shape index (κ1) is 18.1. The topological polar surface area (TPSA) is 99.0 Å². The lowest BCUT2D eigenvalue weighted by atomic mass is 10.3. The number of aromatic nitrogens is 4. The van der Waals surface area contributed by atoms with E-state index in [-0.39, 0.29) is 11.7 Å². The smallest absolute Gasteiger partial charge is 0.277 e. The molecule has 0 aliphatic rings. The molecule has 0 radical (unpaired) electrons. The Morgan fingerprint density at radius 3 is 2.75 bits per heavy atom. The van der Waals surface area contributed by atoms with E-state index in [2.05, 4.69) is 20.6 Å². The van der Waals surface area contributed by atoms with E-state index in [4.69, 9.17) is 8.83 Å². The lowest BCUT2D eigenvalue weighted by Gasteiger charge is -2.08. The Hall–Kier alpha value is -3.33. The van der Waals surface area contributed by atoms with Crippen LogP contribution in [0.3, 0.4) is 0 Å². The second-order valence-corrected chi connectivity index (χ2v) is 6.95. The van der Waals surface area contributed by atoms with Crippen LogP contribution in [-0.2, 0) is 4.79 Å². The molecule has 4 aromatic rings. The summed E-state index contributed by atoms with van der Waals surface area (Å²) in [6, 6.07) is 13.2. The van der Waals surface area contributed by atoms with Gasteiger partial charge in [0.05, 0.1) is 29.0 Å². The highest BCUT2D eigenvalue weighted by molar-refractivity contribution is 7.99. The van der Waals surface area contributed by atoms with Gasteiger partial charge in [0, 0.05) is 6.07 Å². The summed E-state index contributed by atoms with van der Waals surface area (Å²) in [5.74, 6) is 1.61.